The van der Waals surface area contributed by atoms with Crippen molar-refractivity contribution in [2.24, 2.45) is 0 Å². The smallest absolute Gasteiger partial charge is 0.485 e. The third-order valence-electron chi connectivity index (χ3n) is 2.36. The van der Waals surface area contributed by atoms with E-state index in [1.807, 2.05) is 36.4 Å². The highest BCUT2D eigenvalue weighted by Gasteiger charge is 2.36. The van der Waals surface area contributed by atoms with E-state index in [1.165, 1.54) is 9.79 Å². The molecule has 9 heteroatoms. The van der Waals surface area contributed by atoms with Gasteiger partial charge in [-0.3, -0.25) is 0 Å². The first-order valence-electron chi connectivity index (χ1n) is 6.08. The number of alkyl halides is 3. The lowest BCUT2D eigenvalue weighted by atomic mass is 10.4. The predicted octanol–water partition coefficient (Wildman–Crippen LogP) is 3.34. The summed E-state index contributed by atoms with van der Waals surface area (Å²) in [5, 5.41) is 0. The van der Waals surface area contributed by atoms with Crippen LogP contribution in [0, 0.1) is 0 Å². The van der Waals surface area contributed by atoms with Gasteiger partial charge < -0.3 is 4.55 Å². The first-order valence-corrected chi connectivity index (χ1v) is 8.63. The fourth-order valence-electron chi connectivity index (χ4n) is 1.42. The largest absolute Gasteiger partial charge is 0.741 e. The molecule has 126 valence electrons. The molecule has 0 atom stereocenters. The predicted molar refractivity (Wildman–Crippen MR) is 79.5 cm³/mol. The van der Waals surface area contributed by atoms with Crippen molar-refractivity contribution in [3.63, 3.8) is 0 Å². The first kappa shape index (κ1) is 19.5. The Bertz CT molecular complexity index is 649. The van der Waals surface area contributed by atoms with Crippen LogP contribution in [0.25, 0.3) is 0 Å². The number of rotatable bonds is 3. The fraction of sp³-hybridized carbons (Fsp3) is 0.143. The monoisotopic (exact) mass is 366 g/mol. The molecule has 0 bridgehead atoms. The van der Waals surface area contributed by atoms with Crippen LogP contribution in [0.4, 0.5) is 13.2 Å². The minimum absolute atomic E-state index is 0.258. The third kappa shape index (κ3) is 6.22. The minimum Gasteiger partial charge on any atom is -0.741 e. The lowest BCUT2D eigenvalue weighted by Crippen LogP contribution is -2.21. The van der Waals surface area contributed by atoms with Gasteiger partial charge in [-0.1, -0.05) is 36.4 Å². The summed E-state index contributed by atoms with van der Waals surface area (Å²) in [5.74, 6) is 0. The number of halogens is 3. The van der Waals surface area contributed by atoms with Crippen molar-refractivity contribution in [1.29, 1.82) is 0 Å². The van der Waals surface area contributed by atoms with Crippen LogP contribution in [0.15, 0.2) is 70.5 Å². The van der Waals surface area contributed by atoms with Gasteiger partial charge in [0.2, 0.25) is 11.2 Å². The maximum absolute atomic E-state index is 10.7. The van der Waals surface area contributed by atoms with Crippen molar-refractivity contribution in [3.05, 3.63) is 60.7 Å². The zero-order valence-electron chi connectivity index (χ0n) is 11.9. The number of hydrogen-bond donors (Lipinski definition) is 0. The second-order valence-corrected chi connectivity index (χ2v) is 7.15. The molecule has 2 aromatic rings. The fourth-order valence-corrected chi connectivity index (χ4v) is 2.88. The third-order valence-corrected chi connectivity index (χ3v) is 4.67. The second kappa shape index (κ2) is 8.34. The highest BCUT2D eigenvalue weighted by molar-refractivity contribution is 7.92. The topological polar surface area (TPSA) is 66.4 Å². The van der Waals surface area contributed by atoms with E-state index in [1.54, 1.807) is 7.11 Å². The average Bonchev–Trinajstić information content (AvgIpc) is 2.49. The highest BCUT2D eigenvalue weighted by Crippen LogP contribution is 2.23. The maximum Gasteiger partial charge on any atom is 0.485 e. The van der Waals surface area contributed by atoms with Gasteiger partial charge in [0.15, 0.2) is 19.9 Å². The number of benzene rings is 2. The van der Waals surface area contributed by atoms with Crippen LogP contribution in [0.1, 0.15) is 0 Å². The molecule has 0 N–H and O–H groups in total. The molecule has 2 rings (SSSR count). The molecule has 0 amide bonds. The lowest BCUT2D eigenvalue weighted by Gasteiger charge is -2.08. The van der Waals surface area contributed by atoms with E-state index in [0.717, 1.165) is 0 Å². The van der Waals surface area contributed by atoms with Crippen LogP contribution < -0.4 is 0 Å². The molecule has 23 heavy (non-hydrogen) atoms. The summed E-state index contributed by atoms with van der Waals surface area (Å²) in [7, 11) is -4.34. The van der Waals surface area contributed by atoms with Crippen LogP contribution >= 0.6 is 0 Å². The van der Waals surface area contributed by atoms with E-state index in [0.29, 0.717) is 0 Å². The van der Waals surface area contributed by atoms with Gasteiger partial charge in [-0.25, -0.2) is 8.42 Å². The molecule has 0 aliphatic heterocycles. The summed E-state index contributed by atoms with van der Waals surface area (Å²) >= 11 is -0.258. The van der Waals surface area contributed by atoms with E-state index < -0.39 is 15.6 Å². The first-order chi connectivity index (χ1) is 10.7. The van der Waals surface area contributed by atoms with Crippen molar-refractivity contribution in [2.45, 2.75) is 15.3 Å². The molecular formula is C14H13F3O4S2. The molecule has 0 spiro atoms. The Balaban J connectivity index is 0.000000284. The van der Waals surface area contributed by atoms with E-state index >= 15 is 0 Å². The molecule has 0 aliphatic rings. The van der Waals surface area contributed by atoms with Crippen molar-refractivity contribution >= 4 is 21.3 Å². The molecule has 0 saturated heterocycles. The molecule has 0 aromatic heterocycles. The molecule has 0 saturated carbocycles. The SMILES string of the molecule is CO[S+](c1ccccc1)c1ccccc1.O=S(=O)([O-])C(F)(F)F. The van der Waals surface area contributed by atoms with Crippen molar-refractivity contribution < 1.29 is 30.3 Å². The molecule has 0 radical (unpaired) electrons. The molecule has 0 fully saturated rings. The van der Waals surface area contributed by atoms with Gasteiger partial charge in [0.05, 0.1) is 7.11 Å². The van der Waals surface area contributed by atoms with Crippen molar-refractivity contribution in [1.82, 2.24) is 0 Å². The van der Waals surface area contributed by atoms with Gasteiger partial charge in [0.25, 0.3) is 0 Å². The van der Waals surface area contributed by atoms with Crippen LogP contribution in [0.2, 0.25) is 0 Å². The van der Waals surface area contributed by atoms with Gasteiger partial charge in [-0.05, 0) is 24.3 Å². The number of hydrogen-bond acceptors (Lipinski definition) is 4. The Kier molecular flexibility index (Phi) is 7.07. The van der Waals surface area contributed by atoms with E-state index in [9.17, 15) is 13.2 Å². The molecular weight excluding hydrogens is 353 g/mol. The Morgan fingerprint density at radius 1 is 0.913 bits per heavy atom. The van der Waals surface area contributed by atoms with Crippen LogP contribution in [-0.2, 0) is 25.5 Å². The quantitative estimate of drug-likeness (QED) is 0.475. The Labute approximate surface area is 135 Å². The molecule has 0 heterocycles. The highest BCUT2D eigenvalue weighted by atomic mass is 32.2. The maximum atomic E-state index is 10.7. The average molecular weight is 366 g/mol. The molecule has 0 aliphatic carbocycles. The molecule has 0 unspecified atom stereocenters. The van der Waals surface area contributed by atoms with Crippen LogP contribution in [-0.4, -0.2) is 25.6 Å². The summed E-state index contributed by atoms with van der Waals surface area (Å²) in [5.41, 5.74) is -5.65. The van der Waals surface area contributed by atoms with Gasteiger partial charge in [-0.15, -0.1) is 0 Å². The van der Waals surface area contributed by atoms with E-state index in [4.69, 9.17) is 17.2 Å². The summed E-state index contributed by atoms with van der Waals surface area (Å²) in [4.78, 5) is 2.43. The Morgan fingerprint density at radius 2 is 1.22 bits per heavy atom. The van der Waals surface area contributed by atoms with Gasteiger partial charge in [0.1, 0.15) is 0 Å². The lowest BCUT2D eigenvalue weighted by molar-refractivity contribution is -0.0517. The summed E-state index contributed by atoms with van der Waals surface area (Å²) in [6.45, 7) is 0. The summed E-state index contributed by atoms with van der Waals surface area (Å²) in [6.07, 6.45) is 0. The van der Waals surface area contributed by atoms with Gasteiger partial charge in [-0.2, -0.15) is 17.4 Å². The Hall–Kier alpha value is -1.55. The van der Waals surface area contributed by atoms with Crippen molar-refractivity contribution in [2.75, 3.05) is 7.11 Å². The zero-order chi connectivity index (χ0) is 17.5. The minimum atomic E-state index is -6.09. The standard InChI is InChI=1S/C13H13OS.CHF3O3S/c1-14-15(12-8-4-2-5-9-12)13-10-6-3-7-11-13;2-1(3,4)8(5,6)7/h2-11H,1H3;(H,5,6,7)/q+1;/p-1. The Morgan fingerprint density at radius 3 is 1.43 bits per heavy atom. The van der Waals surface area contributed by atoms with Crippen LogP contribution in [0.3, 0.4) is 0 Å². The molecule has 4 nitrogen and oxygen atoms in total. The zero-order valence-corrected chi connectivity index (χ0v) is 13.5. The van der Waals surface area contributed by atoms with E-state index in [2.05, 4.69) is 24.3 Å². The van der Waals surface area contributed by atoms with E-state index in [-0.39, 0.29) is 11.2 Å². The van der Waals surface area contributed by atoms with Crippen molar-refractivity contribution in [3.8, 4) is 0 Å². The second-order valence-electron chi connectivity index (χ2n) is 3.96. The summed E-state index contributed by atoms with van der Waals surface area (Å²) < 4.78 is 64.5. The normalized spacial score (nSPS) is 11.7. The van der Waals surface area contributed by atoms with Crippen LogP contribution in [0.5, 0.6) is 0 Å². The van der Waals surface area contributed by atoms with Gasteiger partial charge >= 0.3 is 5.51 Å². The van der Waals surface area contributed by atoms with Gasteiger partial charge in [0, 0.05) is 0 Å². The summed E-state index contributed by atoms with van der Waals surface area (Å²) in [6, 6.07) is 20.6. The molecule has 2 aromatic carbocycles.